The van der Waals surface area contributed by atoms with E-state index in [-0.39, 0.29) is 28.8 Å². The Morgan fingerprint density at radius 2 is 1.65 bits per heavy atom. The largest absolute Gasteiger partial charge is 0.452 e. The van der Waals surface area contributed by atoms with Gasteiger partial charge in [0.05, 0.1) is 16.7 Å². The zero-order valence-corrected chi connectivity index (χ0v) is 18.8. The molecule has 4 fully saturated rings. The van der Waals surface area contributed by atoms with Crippen LogP contribution < -0.4 is 10.6 Å². The van der Waals surface area contributed by atoms with Crippen molar-refractivity contribution < 1.29 is 28.7 Å². The van der Waals surface area contributed by atoms with E-state index in [1.165, 1.54) is 43.5 Å². The molecule has 2 N–H and O–H groups in total. The average Bonchev–Trinajstić information content (AvgIpc) is 3.00. The number of imide groups is 2. The van der Waals surface area contributed by atoms with E-state index in [2.05, 4.69) is 17.2 Å². The van der Waals surface area contributed by atoms with Crippen LogP contribution >= 0.6 is 0 Å². The van der Waals surface area contributed by atoms with Gasteiger partial charge < -0.3 is 10.1 Å². The summed E-state index contributed by atoms with van der Waals surface area (Å²) in [6, 6.07) is 3.46. The van der Waals surface area contributed by atoms with E-state index in [1.807, 2.05) is 0 Å². The quantitative estimate of drug-likeness (QED) is 0.378. The molecule has 34 heavy (non-hydrogen) atoms. The molecule has 5 amide bonds. The summed E-state index contributed by atoms with van der Waals surface area (Å²) in [5.41, 5.74) is 0.0956. The van der Waals surface area contributed by atoms with Gasteiger partial charge in [-0.05, 0) is 74.5 Å². The summed E-state index contributed by atoms with van der Waals surface area (Å²) < 4.78 is 5.02. The summed E-state index contributed by atoms with van der Waals surface area (Å²) in [5, 5.41) is 5.29. The number of benzene rings is 1. The maximum Gasteiger partial charge on any atom is 0.338 e. The number of nitrogens with zero attached hydrogens (tertiary/aromatic N) is 1. The zero-order chi connectivity index (χ0) is 24.0. The van der Waals surface area contributed by atoms with Crippen LogP contribution in [0.3, 0.4) is 0 Å². The van der Waals surface area contributed by atoms with Gasteiger partial charge in [0.1, 0.15) is 0 Å². The van der Waals surface area contributed by atoms with E-state index in [9.17, 15) is 24.0 Å². The van der Waals surface area contributed by atoms with Crippen LogP contribution in [0.5, 0.6) is 0 Å². The van der Waals surface area contributed by atoms with Gasteiger partial charge in [-0.15, -0.1) is 6.58 Å². The number of hydrogen-bond donors (Lipinski definition) is 2. The molecule has 5 aliphatic rings. The average molecular weight is 466 g/mol. The summed E-state index contributed by atoms with van der Waals surface area (Å²) in [5.74, 6) is -0.579. The highest BCUT2D eigenvalue weighted by Gasteiger charge is 2.51. The number of amides is 5. The van der Waals surface area contributed by atoms with E-state index >= 15 is 0 Å². The van der Waals surface area contributed by atoms with Crippen molar-refractivity contribution in [1.29, 1.82) is 0 Å². The Morgan fingerprint density at radius 1 is 1.03 bits per heavy atom. The van der Waals surface area contributed by atoms with Crippen LogP contribution in [0.25, 0.3) is 0 Å². The van der Waals surface area contributed by atoms with E-state index in [4.69, 9.17) is 4.74 Å². The molecule has 4 aliphatic carbocycles. The molecule has 178 valence electrons. The fourth-order valence-corrected chi connectivity index (χ4v) is 6.63. The second-order valence-corrected chi connectivity index (χ2v) is 10.0. The molecule has 0 atom stereocenters. The van der Waals surface area contributed by atoms with Crippen LogP contribution in [0.15, 0.2) is 30.9 Å². The third-order valence-corrected chi connectivity index (χ3v) is 7.52. The smallest absolute Gasteiger partial charge is 0.338 e. The minimum absolute atomic E-state index is 0.0335. The first-order valence-corrected chi connectivity index (χ1v) is 11.7. The number of hydrogen-bond acceptors (Lipinski definition) is 6. The number of carbonyl (C=O) groups excluding carboxylic acids is 5. The van der Waals surface area contributed by atoms with Crippen molar-refractivity contribution in [2.45, 2.75) is 44.1 Å². The summed E-state index contributed by atoms with van der Waals surface area (Å²) in [4.78, 5) is 62.8. The van der Waals surface area contributed by atoms with Gasteiger partial charge in [0.25, 0.3) is 17.7 Å². The molecule has 9 heteroatoms. The highest BCUT2D eigenvalue weighted by atomic mass is 16.5. The summed E-state index contributed by atoms with van der Waals surface area (Å²) in [6.45, 7) is 2.96. The number of rotatable bonds is 6. The molecule has 0 spiro atoms. The summed E-state index contributed by atoms with van der Waals surface area (Å²) in [6.07, 6.45) is 8.04. The van der Waals surface area contributed by atoms with Crippen molar-refractivity contribution >= 4 is 29.7 Å². The van der Waals surface area contributed by atoms with Crippen LogP contribution in [0, 0.1) is 17.8 Å². The van der Waals surface area contributed by atoms with Crippen LogP contribution in [-0.4, -0.2) is 53.3 Å². The molecule has 0 unspecified atom stereocenters. The Bertz CT molecular complexity index is 1070. The van der Waals surface area contributed by atoms with E-state index in [1.54, 1.807) is 0 Å². The van der Waals surface area contributed by atoms with Gasteiger partial charge in [-0.1, -0.05) is 6.08 Å². The number of carbonyl (C=O) groups is 5. The SMILES string of the molecule is C=CCN1C(=O)c2ccc(C(=O)OCC(=O)NC(=O)NC34CC5CC(CC(C5)C3)C4)cc2C1=O. The molecule has 0 aromatic heterocycles. The Kier molecular flexibility index (Phi) is 5.50. The molecule has 4 bridgehead atoms. The number of ether oxygens (including phenoxy) is 1. The highest BCUT2D eigenvalue weighted by molar-refractivity contribution is 6.22. The van der Waals surface area contributed by atoms with Crippen molar-refractivity contribution in [2.75, 3.05) is 13.2 Å². The molecule has 1 aromatic carbocycles. The molecule has 1 heterocycles. The second kappa shape index (κ2) is 8.38. The van der Waals surface area contributed by atoms with Crippen LogP contribution in [0.2, 0.25) is 0 Å². The van der Waals surface area contributed by atoms with Gasteiger partial charge in [0.15, 0.2) is 6.61 Å². The van der Waals surface area contributed by atoms with Crippen molar-refractivity contribution in [2.24, 2.45) is 17.8 Å². The van der Waals surface area contributed by atoms with Gasteiger partial charge in [-0.3, -0.25) is 24.6 Å². The Balaban J connectivity index is 1.14. The van der Waals surface area contributed by atoms with Crippen molar-refractivity contribution in [1.82, 2.24) is 15.5 Å². The van der Waals surface area contributed by atoms with Crippen molar-refractivity contribution in [3.05, 3.63) is 47.5 Å². The third kappa shape index (κ3) is 3.99. The normalized spacial score (nSPS) is 28.5. The Morgan fingerprint density at radius 3 is 2.26 bits per heavy atom. The number of urea groups is 1. The molecule has 0 saturated heterocycles. The van der Waals surface area contributed by atoms with Crippen LogP contribution in [-0.2, 0) is 9.53 Å². The van der Waals surface area contributed by atoms with Crippen LogP contribution in [0.1, 0.15) is 69.6 Å². The lowest BCUT2D eigenvalue weighted by molar-refractivity contribution is -0.123. The number of nitrogens with one attached hydrogen (secondary N) is 2. The van der Waals surface area contributed by atoms with Crippen molar-refractivity contribution in [3.63, 3.8) is 0 Å². The van der Waals surface area contributed by atoms with Crippen LogP contribution in [0.4, 0.5) is 4.79 Å². The van der Waals surface area contributed by atoms with E-state index in [0.29, 0.717) is 17.8 Å². The lowest BCUT2D eigenvalue weighted by atomic mass is 9.53. The first-order valence-electron chi connectivity index (χ1n) is 11.7. The molecular formula is C25H27N3O6. The second-order valence-electron chi connectivity index (χ2n) is 10.0. The first-order chi connectivity index (χ1) is 16.3. The molecule has 9 nitrogen and oxygen atoms in total. The lowest BCUT2D eigenvalue weighted by Gasteiger charge is -2.56. The lowest BCUT2D eigenvalue weighted by Crippen LogP contribution is -2.62. The molecule has 4 saturated carbocycles. The molecular weight excluding hydrogens is 438 g/mol. The minimum Gasteiger partial charge on any atom is -0.452 e. The minimum atomic E-state index is -0.832. The topological polar surface area (TPSA) is 122 Å². The maximum atomic E-state index is 12.5. The summed E-state index contributed by atoms with van der Waals surface area (Å²) >= 11 is 0. The molecule has 1 aliphatic heterocycles. The van der Waals surface area contributed by atoms with E-state index in [0.717, 1.165) is 24.2 Å². The highest BCUT2D eigenvalue weighted by Crippen LogP contribution is 2.55. The summed E-state index contributed by atoms with van der Waals surface area (Å²) in [7, 11) is 0. The third-order valence-electron chi connectivity index (χ3n) is 7.52. The monoisotopic (exact) mass is 465 g/mol. The zero-order valence-electron chi connectivity index (χ0n) is 18.8. The molecule has 6 rings (SSSR count). The Labute approximate surface area is 196 Å². The van der Waals surface area contributed by atoms with Gasteiger partial charge in [-0.25, -0.2) is 9.59 Å². The number of fused-ring (bicyclic) bond motifs is 1. The number of esters is 1. The van der Waals surface area contributed by atoms with Gasteiger partial charge in [0, 0.05) is 12.1 Å². The van der Waals surface area contributed by atoms with Crippen molar-refractivity contribution in [3.8, 4) is 0 Å². The first kappa shape index (κ1) is 22.3. The predicted octanol–water partition coefficient (Wildman–Crippen LogP) is 2.42. The van der Waals surface area contributed by atoms with Gasteiger partial charge in [0.2, 0.25) is 0 Å². The fourth-order valence-electron chi connectivity index (χ4n) is 6.63. The van der Waals surface area contributed by atoms with Gasteiger partial charge >= 0.3 is 12.0 Å². The standard InChI is InChI=1S/C25H27N3O6/c1-2-5-28-21(30)18-4-3-17(9-19(18)22(28)31)23(32)34-13-20(29)26-24(33)27-25-10-14-6-15(11-25)8-16(7-14)12-25/h2-4,9,14-16H,1,5-8,10-13H2,(H2,26,27,29,33). The Hall–Kier alpha value is -3.49. The molecule has 1 aromatic rings. The predicted molar refractivity (Wildman–Crippen MR) is 120 cm³/mol. The fraction of sp³-hybridized carbons (Fsp3) is 0.480. The maximum absolute atomic E-state index is 12.5. The molecule has 0 radical (unpaired) electrons. The van der Waals surface area contributed by atoms with E-state index < -0.39 is 36.3 Å². The van der Waals surface area contributed by atoms with Gasteiger partial charge in [-0.2, -0.15) is 0 Å².